The van der Waals surface area contributed by atoms with Gasteiger partial charge in [-0.1, -0.05) is 18.2 Å². The van der Waals surface area contributed by atoms with Crippen LogP contribution in [0.1, 0.15) is 18.4 Å². The van der Waals surface area contributed by atoms with Gasteiger partial charge >= 0.3 is 0 Å². The van der Waals surface area contributed by atoms with Crippen LogP contribution < -0.4 is 10.1 Å². The van der Waals surface area contributed by atoms with Gasteiger partial charge in [0.25, 0.3) is 0 Å². The molecule has 2 rings (SSSR count). The molecule has 0 aromatic heterocycles. The van der Waals surface area contributed by atoms with Gasteiger partial charge in [0, 0.05) is 17.6 Å². The Hall–Kier alpha value is -0.990. The molecular formula is C14H18ClNO. The number of nitrogens with one attached hydrogen (secondary N) is 1. The normalized spacial score (nSPS) is 14.7. The van der Waals surface area contributed by atoms with Gasteiger partial charge in [0.05, 0.1) is 0 Å². The summed E-state index contributed by atoms with van der Waals surface area (Å²) in [6.07, 6.45) is 2.59. The van der Waals surface area contributed by atoms with Crippen LogP contribution in [-0.4, -0.2) is 19.2 Å². The van der Waals surface area contributed by atoms with E-state index in [0.717, 1.165) is 28.5 Å². The maximum atomic E-state index is 5.89. The van der Waals surface area contributed by atoms with Gasteiger partial charge in [-0.25, -0.2) is 0 Å². The van der Waals surface area contributed by atoms with Crippen molar-refractivity contribution in [3.05, 3.63) is 40.9 Å². The molecule has 0 heterocycles. The van der Waals surface area contributed by atoms with Gasteiger partial charge in [0.2, 0.25) is 0 Å². The van der Waals surface area contributed by atoms with E-state index in [1.807, 2.05) is 25.1 Å². The number of hydrogen-bond donors (Lipinski definition) is 1. The van der Waals surface area contributed by atoms with Crippen molar-refractivity contribution in [1.82, 2.24) is 5.32 Å². The highest BCUT2D eigenvalue weighted by Gasteiger charge is 2.20. The second-order valence-corrected chi connectivity index (χ2v) is 5.04. The van der Waals surface area contributed by atoms with Crippen molar-refractivity contribution in [2.75, 3.05) is 13.2 Å². The van der Waals surface area contributed by atoms with Gasteiger partial charge < -0.3 is 10.1 Å². The van der Waals surface area contributed by atoms with Crippen molar-refractivity contribution in [3.8, 4) is 5.75 Å². The highest BCUT2D eigenvalue weighted by atomic mass is 35.5. The summed E-state index contributed by atoms with van der Waals surface area (Å²) in [5.41, 5.74) is 2.13. The largest absolute Gasteiger partial charge is 0.489 e. The molecule has 0 bridgehead atoms. The van der Waals surface area contributed by atoms with E-state index in [0.29, 0.717) is 12.6 Å². The van der Waals surface area contributed by atoms with E-state index in [9.17, 15) is 0 Å². The summed E-state index contributed by atoms with van der Waals surface area (Å²) in [5, 5.41) is 4.16. The lowest BCUT2D eigenvalue weighted by Gasteiger charge is -2.11. The minimum absolute atomic E-state index is 0.558. The lowest BCUT2D eigenvalue weighted by molar-refractivity contribution is 0.346. The molecule has 0 radical (unpaired) electrons. The first-order valence-corrected chi connectivity index (χ1v) is 6.32. The summed E-state index contributed by atoms with van der Waals surface area (Å²) < 4.78 is 5.71. The zero-order chi connectivity index (χ0) is 12.3. The molecule has 1 saturated carbocycles. The summed E-state index contributed by atoms with van der Waals surface area (Å²) in [5.74, 6) is 0.877. The van der Waals surface area contributed by atoms with E-state index < -0.39 is 0 Å². The fourth-order valence-electron chi connectivity index (χ4n) is 1.58. The van der Waals surface area contributed by atoms with E-state index in [4.69, 9.17) is 16.3 Å². The van der Waals surface area contributed by atoms with Crippen LogP contribution in [0.5, 0.6) is 5.75 Å². The Morgan fingerprint density at radius 2 is 2.29 bits per heavy atom. The van der Waals surface area contributed by atoms with Crippen LogP contribution in [0.25, 0.3) is 0 Å². The van der Waals surface area contributed by atoms with Crippen LogP contribution in [0.3, 0.4) is 0 Å². The first-order valence-electron chi connectivity index (χ1n) is 5.94. The van der Waals surface area contributed by atoms with Crippen LogP contribution in [0.4, 0.5) is 0 Å². The van der Waals surface area contributed by atoms with Crippen LogP contribution in [0.15, 0.2) is 30.4 Å². The maximum absolute atomic E-state index is 5.89. The second-order valence-electron chi connectivity index (χ2n) is 4.60. The molecule has 0 spiro atoms. The molecule has 92 valence electrons. The molecule has 1 N–H and O–H groups in total. The first-order chi connectivity index (χ1) is 8.15. The number of halogens is 1. The van der Waals surface area contributed by atoms with Crippen molar-refractivity contribution < 1.29 is 4.74 Å². The van der Waals surface area contributed by atoms with E-state index in [2.05, 4.69) is 11.9 Å². The van der Waals surface area contributed by atoms with Crippen LogP contribution in [0.2, 0.25) is 5.02 Å². The molecule has 1 aliphatic rings. The quantitative estimate of drug-likeness (QED) is 0.783. The number of ether oxygens (including phenoxy) is 1. The molecule has 0 saturated heterocycles. The fourth-order valence-corrected chi connectivity index (χ4v) is 1.81. The van der Waals surface area contributed by atoms with E-state index in [1.165, 1.54) is 12.8 Å². The van der Waals surface area contributed by atoms with Gasteiger partial charge in [-0.15, -0.1) is 0 Å². The maximum Gasteiger partial charge on any atom is 0.122 e. The number of benzene rings is 1. The predicted octanol–water partition coefficient (Wildman–Crippen LogP) is 3.34. The third-order valence-corrected chi connectivity index (χ3v) is 3.02. The predicted molar refractivity (Wildman–Crippen MR) is 71.8 cm³/mol. The minimum Gasteiger partial charge on any atom is -0.489 e. The lowest BCUT2D eigenvalue weighted by Crippen LogP contribution is -2.21. The SMILES string of the molecule is C=C(CNC1CC1)COc1ccc(Cl)cc1C. The second kappa shape index (κ2) is 5.56. The standard InChI is InChI=1S/C14H18ClNO/c1-10(8-16-13-4-5-13)9-17-14-6-3-12(15)7-11(14)2/h3,6-7,13,16H,1,4-5,8-9H2,2H3. The summed E-state index contributed by atoms with van der Waals surface area (Å²) in [7, 11) is 0. The molecule has 0 unspecified atom stereocenters. The third kappa shape index (κ3) is 4.06. The lowest BCUT2D eigenvalue weighted by atomic mass is 10.2. The fraction of sp³-hybridized carbons (Fsp3) is 0.429. The summed E-state index contributed by atoms with van der Waals surface area (Å²) in [6, 6.07) is 6.36. The molecule has 0 aliphatic heterocycles. The zero-order valence-corrected chi connectivity index (χ0v) is 10.9. The Balaban J connectivity index is 1.77. The zero-order valence-electron chi connectivity index (χ0n) is 10.1. The van der Waals surface area contributed by atoms with Gasteiger partial charge in [-0.2, -0.15) is 0 Å². The molecule has 1 fully saturated rings. The Kier molecular flexibility index (Phi) is 4.08. The van der Waals surface area contributed by atoms with E-state index >= 15 is 0 Å². The highest BCUT2D eigenvalue weighted by Crippen LogP contribution is 2.22. The molecular weight excluding hydrogens is 234 g/mol. The molecule has 1 aromatic rings. The average molecular weight is 252 g/mol. The number of rotatable bonds is 6. The topological polar surface area (TPSA) is 21.3 Å². The third-order valence-electron chi connectivity index (χ3n) is 2.79. The average Bonchev–Trinajstić information content (AvgIpc) is 3.09. The minimum atomic E-state index is 0.558. The summed E-state index contributed by atoms with van der Waals surface area (Å²) in [6.45, 7) is 7.40. The van der Waals surface area contributed by atoms with Crippen molar-refractivity contribution >= 4 is 11.6 Å². The van der Waals surface area contributed by atoms with Crippen LogP contribution in [-0.2, 0) is 0 Å². The Labute approximate surface area is 108 Å². The van der Waals surface area contributed by atoms with Gasteiger partial charge in [-0.3, -0.25) is 0 Å². The van der Waals surface area contributed by atoms with Gasteiger partial charge in [-0.05, 0) is 49.1 Å². The Morgan fingerprint density at radius 3 is 2.94 bits per heavy atom. The molecule has 0 amide bonds. The molecule has 1 aromatic carbocycles. The molecule has 3 heteroatoms. The molecule has 2 nitrogen and oxygen atoms in total. The molecule has 17 heavy (non-hydrogen) atoms. The van der Waals surface area contributed by atoms with Gasteiger partial charge in [0.15, 0.2) is 0 Å². The van der Waals surface area contributed by atoms with Crippen molar-refractivity contribution in [2.24, 2.45) is 0 Å². The first kappa shape index (κ1) is 12.5. The monoisotopic (exact) mass is 251 g/mol. The van der Waals surface area contributed by atoms with Crippen LogP contribution in [0, 0.1) is 6.92 Å². The van der Waals surface area contributed by atoms with Gasteiger partial charge in [0.1, 0.15) is 12.4 Å². The molecule has 1 aliphatic carbocycles. The Bertz CT molecular complexity index is 413. The number of hydrogen-bond acceptors (Lipinski definition) is 2. The summed E-state index contributed by atoms with van der Waals surface area (Å²) >= 11 is 5.89. The highest BCUT2D eigenvalue weighted by molar-refractivity contribution is 6.30. The van der Waals surface area contributed by atoms with Crippen molar-refractivity contribution in [2.45, 2.75) is 25.8 Å². The Morgan fingerprint density at radius 1 is 1.53 bits per heavy atom. The number of aryl methyl sites for hydroxylation is 1. The molecule has 0 atom stereocenters. The smallest absolute Gasteiger partial charge is 0.122 e. The van der Waals surface area contributed by atoms with Crippen molar-refractivity contribution in [3.63, 3.8) is 0 Å². The van der Waals surface area contributed by atoms with Crippen molar-refractivity contribution in [1.29, 1.82) is 0 Å². The van der Waals surface area contributed by atoms with E-state index in [-0.39, 0.29) is 0 Å². The summed E-state index contributed by atoms with van der Waals surface area (Å²) in [4.78, 5) is 0. The van der Waals surface area contributed by atoms with E-state index in [1.54, 1.807) is 0 Å². The van der Waals surface area contributed by atoms with Crippen LogP contribution >= 0.6 is 11.6 Å².